The van der Waals surface area contributed by atoms with Crippen LogP contribution in [0.1, 0.15) is 24.7 Å². The van der Waals surface area contributed by atoms with Crippen LogP contribution < -0.4 is 5.32 Å². The predicted octanol–water partition coefficient (Wildman–Crippen LogP) is 0.144. The van der Waals surface area contributed by atoms with Crippen LogP contribution >= 0.6 is 0 Å². The zero-order chi connectivity index (χ0) is 10.1. The normalized spacial score (nSPS) is 26.8. The fraction of sp³-hybridized carbons (Fsp3) is 0.800. The summed E-state index contributed by atoms with van der Waals surface area (Å²) in [4.78, 5) is 0. The molecule has 0 bridgehead atoms. The Labute approximate surface area is 88.8 Å². The molecule has 1 atom stereocenters. The molecule has 1 saturated heterocycles. The van der Waals surface area contributed by atoms with Gasteiger partial charge in [-0.2, -0.15) is 0 Å². The van der Waals surface area contributed by atoms with Gasteiger partial charge in [-0.1, -0.05) is 0 Å². The van der Waals surface area contributed by atoms with Gasteiger partial charge >= 0.3 is 0 Å². The summed E-state index contributed by atoms with van der Waals surface area (Å²) in [5, 5.41) is 11.6. The zero-order valence-corrected chi connectivity index (χ0v) is 8.72. The van der Waals surface area contributed by atoms with Gasteiger partial charge in [-0.05, 0) is 12.8 Å². The van der Waals surface area contributed by atoms with E-state index < -0.39 is 0 Å². The van der Waals surface area contributed by atoms with Crippen molar-refractivity contribution in [2.75, 3.05) is 19.8 Å². The van der Waals surface area contributed by atoms with Crippen LogP contribution in [0, 0.1) is 0 Å². The predicted molar refractivity (Wildman–Crippen MR) is 54.6 cm³/mol. The highest BCUT2D eigenvalue weighted by Gasteiger charge is 2.27. The van der Waals surface area contributed by atoms with E-state index in [-0.39, 0.29) is 0 Å². The number of ether oxygens (including phenoxy) is 1. The Kier molecular flexibility index (Phi) is 2.42. The average molecular weight is 208 g/mol. The van der Waals surface area contributed by atoms with Crippen molar-refractivity contribution in [2.45, 2.75) is 31.3 Å². The highest BCUT2D eigenvalue weighted by atomic mass is 16.5. The van der Waals surface area contributed by atoms with Gasteiger partial charge in [0.1, 0.15) is 12.2 Å². The van der Waals surface area contributed by atoms with Gasteiger partial charge in [-0.25, -0.2) is 0 Å². The molecule has 2 aliphatic rings. The fourth-order valence-electron chi connectivity index (χ4n) is 2.04. The minimum Gasteiger partial charge on any atom is -0.379 e. The molecule has 1 aliphatic heterocycles. The molecular formula is C10H16N4O. The molecule has 1 aromatic rings. The smallest absolute Gasteiger partial charge is 0.134 e. The first-order valence-corrected chi connectivity index (χ1v) is 5.63. The summed E-state index contributed by atoms with van der Waals surface area (Å²) in [5.74, 6) is 1.10. The van der Waals surface area contributed by atoms with Crippen molar-refractivity contribution in [3.8, 4) is 0 Å². The van der Waals surface area contributed by atoms with Crippen LogP contribution in [0.3, 0.4) is 0 Å². The van der Waals surface area contributed by atoms with Crippen LogP contribution in [0.25, 0.3) is 0 Å². The van der Waals surface area contributed by atoms with E-state index in [2.05, 4.69) is 20.1 Å². The Hall–Kier alpha value is -0.940. The molecule has 1 N–H and O–H groups in total. The molecule has 0 spiro atoms. The molecule has 5 heteroatoms. The van der Waals surface area contributed by atoms with E-state index in [0.717, 1.165) is 32.0 Å². The number of hydrogen-bond acceptors (Lipinski definition) is 4. The van der Waals surface area contributed by atoms with Gasteiger partial charge in [-0.3, -0.25) is 0 Å². The van der Waals surface area contributed by atoms with Crippen molar-refractivity contribution in [3.63, 3.8) is 0 Å². The van der Waals surface area contributed by atoms with E-state index in [1.807, 2.05) is 6.33 Å². The quantitative estimate of drug-likeness (QED) is 0.768. The van der Waals surface area contributed by atoms with Crippen LogP contribution in [0.2, 0.25) is 0 Å². The molecule has 2 heterocycles. The topological polar surface area (TPSA) is 52.0 Å². The lowest BCUT2D eigenvalue weighted by molar-refractivity contribution is 0.0761. The van der Waals surface area contributed by atoms with Gasteiger partial charge < -0.3 is 14.6 Å². The second kappa shape index (κ2) is 3.90. The van der Waals surface area contributed by atoms with Gasteiger partial charge in [0, 0.05) is 25.0 Å². The highest BCUT2D eigenvalue weighted by Crippen LogP contribution is 2.35. The highest BCUT2D eigenvalue weighted by molar-refractivity contribution is 4.97. The standard InChI is InChI=1S/C10H16N4O/c1-2-9(1)14-7-12-13-10(14)5-8-6-15-4-3-11-8/h7-9,11H,1-6H2. The van der Waals surface area contributed by atoms with E-state index in [4.69, 9.17) is 4.74 Å². The first kappa shape index (κ1) is 9.30. The summed E-state index contributed by atoms with van der Waals surface area (Å²) in [6.07, 6.45) is 5.34. The van der Waals surface area contributed by atoms with Gasteiger partial charge in [0.05, 0.1) is 13.2 Å². The first-order valence-electron chi connectivity index (χ1n) is 5.63. The second-order valence-corrected chi connectivity index (χ2v) is 4.32. The minimum atomic E-state index is 0.403. The van der Waals surface area contributed by atoms with Crippen molar-refractivity contribution in [3.05, 3.63) is 12.2 Å². The van der Waals surface area contributed by atoms with Crippen LogP contribution in [-0.4, -0.2) is 40.6 Å². The van der Waals surface area contributed by atoms with E-state index in [0.29, 0.717) is 12.1 Å². The Morgan fingerprint density at radius 1 is 1.53 bits per heavy atom. The van der Waals surface area contributed by atoms with Gasteiger partial charge in [0.25, 0.3) is 0 Å². The summed E-state index contributed by atoms with van der Waals surface area (Å²) in [6, 6.07) is 1.07. The average Bonchev–Trinajstić information content (AvgIpc) is 3.02. The van der Waals surface area contributed by atoms with Crippen molar-refractivity contribution in [1.29, 1.82) is 0 Å². The summed E-state index contributed by atoms with van der Waals surface area (Å²) in [5.41, 5.74) is 0. The lowest BCUT2D eigenvalue weighted by Gasteiger charge is -2.23. The van der Waals surface area contributed by atoms with Crippen molar-refractivity contribution in [1.82, 2.24) is 20.1 Å². The second-order valence-electron chi connectivity index (χ2n) is 4.32. The number of morpholine rings is 1. The molecule has 1 aliphatic carbocycles. The molecule has 1 saturated carbocycles. The van der Waals surface area contributed by atoms with E-state index in [1.165, 1.54) is 12.8 Å². The number of nitrogens with zero attached hydrogens (tertiary/aromatic N) is 3. The van der Waals surface area contributed by atoms with E-state index in [9.17, 15) is 0 Å². The lowest BCUT2D eigenvalue weighted by atomic mass is 10.2. The maximum atomic E-state index is 5.43. The third kappa shape index (κ3) is 2.03. The molecule has 0 amide bonds. The lowest BCUT2D eigenvalue weighted by Crippen LogP contribution is -2.43. The van der Waals surface area contributed by atoms with Crippen molar-refractivity contribution < 1.29 is 4.74 Å². The van der Waals surface area contributed by atoms with Crippen LogP contribution in [-0.2, 0) is 11.2 Å². The number of rotatable bonds is 3. The summed E-state index contributed by atoms with van der Waals surface area (Å²) >= 11 is 0. The Morgan fingerprint density at radius 2 is 2.47 bits per heavy atom. The van der Waals surface area contributed by atoms with Crippen molar-refractivity contribution >= 4 is 0 Å². The molecule has 15 heavy (non-hydrogen) atoms. The maximum Gasteiger partial charge on any atom is 0.134 e. The van der Waals surface area contributed by atoms with Gasteiger partial charge in [0.15, 0.2) is 0 Å². The molecule has 0 radical (unpaired) electrons. The maximum absolute atomic E-state index is 5.43. The summed E-state index contributed by atoms with van der Waals surface area (Å²) in [6.45, 7) is 2.56. The molecule has 0 aromatic carbocycles. The monoisotopic (exact) mass is 208 g/mol. The van der Waals surface area contributed by atoms with Crippen molar-refractivity contribution in [2.24, 2.45) is 0 Å². The van der Waals surface area contributed by atoms with Crippen LogP contribution in [0.5, 0.6) is 0 Å². The molecule has 5 nitrogen and oxygen atoms in total. The molecule has 2 fully saturated rings. The van der Waals surface area contributed by atoms with Gasteiger partial charge in [0.2, 0.25) is 0 Å². The fourth-order valence-corrected chi connectivity index (χ4v) is 2.04. The van der Waals surface area contributed by atoms with E-state index >= 15 is 0 Å². The SMILES string of the molecule is c1nnc(CC2COCCN2)n1C1CC1. The largest absolute Gasteiger partial charge is 0.379 e. The third-order valence-corrected chi connectivity index (χ3v) is 3.01. The molecule has 3 rings (SSSR count). The van der Waals surface area contributed by atoms with Crippen LogP contribution in [0.4, 0.5) is 0 Å². The Morgan fingerprint density at radius 3 is 3.20 bits per heavy atom. The zero-order valence-electron chi connectivity index (χ0n) is 8.72. The molecule has 1 unspecified atom stereocenters. The number of nitrogens with one attached hydrogen (secondary N) is 1. The van der Waals surface area contributed by atoms with Gasteiger partial charge in [-0.15, -0.1) is 10.2 Å². The first-order chi connectivity index (χ1) is 7.43. The summed E-state index contributed by atoms with van der Waals surface area (Å²) < 4.78 is 7.65. The number of aromatic nitrogens is 3. The minimum absolute atomic E-state index is 0.403. The Balaban J connectivity index is 1.67. The molecular weight excluding hydrogens is 192 g/mol. The molecule has 82 valence electrons. The third-order valence-electron chi connectivity index (χ3n) is 3.01. The van der Waals surface area contributed by atoms with E-state index in [1.54, 1.807) is 0 Å². The van der Waals surface area contributed by atoms with Crippen LogP contribution in [0.15, 0.2) is 6.33 Å². The summed E-state index contributed by atoms with van der Waals surface area (Å²) in [7, 11) is 0. The Bertz CT molecular complexity index is 328. The molecule has 1 aromatic heterocycles. The number of hydrogen-bond donors (Lipinski definition) is 1.